The molecule has 0 aliphatic rings. The van der Waals surface area contributed by atoms with Crippen molar-refractivity contribution in [2.24, 2.45) is 0 Å². The van der Waals surface area contributed by atoms with Crippen LogP contribution in [0, 0.1) is 0 Å². The third-order valence-corrected chi connectivity index (χ3v) is 1.76. The third kappa shape index (κ3) is 3.27. The van der Waals surface area contributed by atoms with Crippen LogP contribution >= 0.6 is 12.6 Å². The molecule has 3 heteroatoms. The summed E-state index contributed by atoms with van der Waals surface area (Å²) in [5.41, 5.74) is 0.992. The Morgan fingerprint density at radius 1 is 1.31 bits per heavy atom. The van der Waals surface area contributed by atoms with Gasteiger partial charge in [0.05, 0.1) is 6.20 Å². The minimum Gasteiger partial charge on any atom is -0.479 e. The van der Waals surface area contributed by atoms with Crippen molar-refractivity contribution in [2.75, 3.05) is 0 Å². The highest BCUT2D eigenvalue weighted by Crippen LogP contribution is 2.16. The highest BCUT2D eigenvalue weighted by atomic mass is 32.1. The lowest BCUT2D eigenvalue weighted by molar-refractivity contribution is 0.308. The van der Waals surface area contributed by atoms with Gasteiger partial charge in [-0.1, -0.05) is 13.8 Å². The summed E-state index contributed by atoms with van der Waals surface area (Å²) in [5, 5.41) is 0. The van der Waals surface area contributed by atoms with Crippen LogP contribution in [0.15, 0.2) is 18.3 Å². The van der Waals surface area contributed by atoms with E-state index in [2.05, 4.69) is 31.5 Å². The van der Waals surface area contributed by atoms with Crippen LogP contribution in [0.25, 0.3) is 0 Å². The maximum Gasteiger partial charge on any atom is 0.139 e. The van der Waals surface area contributed by atoms with Crippen molar-refractivity contribution >= 4 is 12.6 Å². The molecule has 1 atom stereocenters. The van der Waals surface area contributed by atoms with Crippen molar-refractivity contribution in [1.82, 2.24) is 4.98 Å². The number of aromatic nitrogens is 1. The second kappa shape index (κ2) is 4.51. The molecular formula is C10H15NOS. The zero-order chi connectivity index (χ0) is 9.84. The lowest BCUT2D eigenvalue weighted by Crippen LogP contribution is -2.03. The number of hydrogen-bond donors (Lipinski definition) is 1. The predicted octanol–water partition coefficient (Wildman–Crippen LogP) is 2.86. The second-order valence-electron chi connectivity index (χ2n) is 3.29. The second-order valence-corrected chi connectivity index (χ2v) is 4.02. The lowest BCUT2D eigenvalue weighted by atomic mass is 10.1. The molecular weight excluding hydrogens is 182 g/mol. The van der Waals surface area contributed by atoms with Gasteiger partial charge in [-0.2, -0.15) is 0 Å². The van der Waals surface area contributed by atoms with Crippen LogP contribution in [0.2, 0.25) is 0 Å². The van der Waals surface area contributed by atoms with E-state index in [9.17, 15) is 0 Å². The molecule has 0 N–H and O–H groups in total. The Kier molecular flexibility index (Phi) is 3.60. The smallest absolute Gasteiger partial charge is 0.139 e. The molecule has 0 aromatic carbocycles. The standard InChI is InChI=1S/C10H15NOS/c1-7(2)10-5-4-9(6-11-10)12-8(3)13/h4-8,13H,1-3H3. The molecule has 1 aromatic heterocycles. The normalized spacial score (nSPS) is 13.0. The first kappa shape index (κ1) is 10.4. The van der Waals surface area contributed by atoms with E-state index in [4.69, 9.17) is 4.74 Å². The van der Waals surface area contributed by atoms with Crippen molar-refractivity contribution in [3.63, 3.8) is 0 Å². The number of nitrogens with zero attached hydrogens (tertiary/aromatic N) is 1. The van der Waals surface area contributed by atoms with E-state index in [0.29, 0.717) is 5.92 Å². The first-order valence-electron chi connectivity index (χ1n) is 4.40. The molecule has 0 amide bonds. The first-order chi connectivity index (χ1) is 6.09. The van der Waals surface area contributed by atoms with E-state index < -0.39 is 0 Å². The fourth-order valence-corrected chi connectivity index (χ4v) is 1.12. The monoisotopic (exact) mass is 197 g/mol. The zero-order valence-corrected chi connectivity index (χ0v) is 9.08. The fraction of sp³-hybridized carbons (Fsp3) is 0.500. The van der Waals surface area contributed by atoms with E-state index in [-0.39, 0.29) is 5.44 Å². The summed E-state index contributed by atoms with van der Waals surface area (Å²) in [6, 6.07) is 3.91. The average Bonchev–Trinajstić information content (AvgIpc) is 2.04. The van der Waals surface area contributed by atoms with Crippen molar-refractivity contribution in [1.29, 1.82) is 0 Å². The minimum atomic E-state index is -0.0910. The van der Waals surface area contributed by atoms with Gasteiger partial charge < -0.3 is 4.74 Å². The van der Waals surface area contributed by atoms with Crippen LogP contribution in [0.3, 0.4) is 0 Å². The molecule has 0 saturated carbocycles. The van der Waals surface area contributed by atoms with E-state index >= 15 is 0 Å². The molecule has 72 valence electrons. The van der Waals surface area contributed by atoms with E-state index in [1.807, 2.05) is 19.1 Å². The topological polar surface area (TPSA) is 22.1 Å². The van der Waals surface area contributed by atoms with Gasteiger partial charge in [-0.15, -0.1) is 12.6 Å². The molecule has 13 heavy (non-hydrogen) atoms. The molecule has 1 rings (SSSR count). The van der Waals surface area contributed by atoms with Crippen LogP contribution < -0.4 is 4.74 Å². The van der Waals surface area contributed by atoms with E-state index in [1.54, 1.807) is 6.20 Å². The van der Waals surface area contributed by atoms with Crippen LogP contribution in [-0.4, -0.2) is 10.4 Å². The van der Waals surface area contributed by atoms with Gasteiger partial charge in [0.2, 0.25) is 0 Å². The molecule has 1 aromatic rings. The van der Waals surface area contributed by atoms with Crippen molar-refractivity contribution in [2.45, 2.75) is 32.1 Å². The van der Waals surface area contributed by atoms with Crippen LogP contribution in [-0.2, 0) is 0 Å². The molecule has 0 aliphatic carbocycles. The summed E-state index contributed by atoms with van der Waals surface area (Å²) < 4.78 is 5.35. The van der Waals surface area contributed by atoms with Gasteiger partial charge >= 0.3 is 0 Å². The maximum atomic E-state index is 5.35. The number of rotatable bonds is 3. The molecule has 1 heterocycles. The van der Waals surface area contributed by atoms with Crippen LogP contribution in [0.4, 0.5) is 0 Å². The highest BCUT2D eigenvalue weighted by Gasteiger charge is 2.01. The largest absolute Gasteiger partial charge is 0.479 e. The first-order valence-corrected chi connectivity index (χ1v) is 4.92. The molecule has 1 unspecified atom stereocenters. The summed E-state index contributed by atoms with van der Waals surface area (Å²) in [7, 11) is 0. The Hall–Kier alpha value is -0.700. The third-order valence-electron chi connectivity index (χ3n) is 1.66. The number of ether oxygens (including phenoxy) is 1. The Balaban J connectivity index is 2.70. The van der Waals surface area contributed by atoms with Gasteiger partial charge in [0.15, 0.2) is 0 Å². The summed E-state index contributed by atoms with van der Waals surface area (Å²) >= 11 is 4.13. The van der Waals surface area contributed by atoms with Gasteiger partial charge in [-0.05, 0) is 25.0 Å². The van der Waals surface area contributed by atoms with Gasteiger partial charge in [0.25, 0.3) is 0 Å². The van der Waals surface area contributed by atoms with E-state index in [0.717, 1.165) is 11.4 Å². The average molecular weight is 197 g/mol. The lowest BCUT2D eigenvalue weighted by Gasteiger charge is -2.09. The number of pyridine rings is 1. The Morgan fingerprint density at radius 3 is 2.38 bits per heavy atom. The van der Waals surface area contributed by atoms with Gasteiger partial charge in [-0.25, -0.2) is 0 Å². The van der Waals surface area contributed by atoms with E-state index in [1.165, 1.54) is 0 Å². The Bertz CT molecular complexity index is 256. The molecule has 0 saturated heterocycles. The van der Waals surface area contributed by atoms with Gasteiger partial charge in [0.1, 0.15) is 11.2 Å². The SMILES string of the molecule is CC(S)Oc1ccc(C(C)C)nc1. The predicted molar refractivity (Wildman–Crippen MR) is 57.4 cm³/mol. The van der Waals surface area contributed by atoms with Crippen LogP contribution in [0.1, 0.15) is 32.4 Å². The number of hydrogen-bond acceptors (Lipinski definition) is 3. The summed E-state index contributed by atoms with van der Waals surface area (Å²) in [5.74, 6) is 1.23. The van der Waals surface area contributed by atoms with Crippen molar-refractivity contribution in [3.05, 3.63) is 24.0 Å². The maximum absolute atomic E-state index is 5.35. The van der Waals surface area contributed by atoms with Crippen molar-refractivity contribution in [3.8, 4) is 5.75 Å². The fourth-order valence-electron chi connectivity index (χ4n) is 1.000. The molecule has 0 radical (unpaired) electrons. The highest BCUT2D eigenvalue weighted by molar-refractivity contribution is 7.80. The van der Waals surface area contributed by atoms with Crippen molar-refractivity contribution < 1.29 is 4.74 Å². The van der Waals surface area contributed by atoms with Gasteiger partial charge in [-0.3, -0.25) is 4.98 Å². The number of thiol groups is 1. The summed E-state index contributed by atoms with van der Waals surface area (Å²) in [6.45, 7) is 6.10. The summed E-state index contributed by atoms with van der Waals surface area (Å²) in [4.78, 5) is 4.27. The quantitative estimate of drug-likeness (QED) is 0.594. The molecule has 0 fully saturated rings. The minimum absolute atomic E-state index is 0.0910. The van der Waals surface area contributed by atoms with Gasteiger partial charge in [0, 0.05) is 5.69 Å². The Morgan fingerprint density at radius 2 is 2.00 bits per heavy atom. The molecule has 0 aliphatic heterocycles. The molecule has 2 nitrogen and oxygen atoms in total. The van der Waals surface area contributed by atoms with Crippen LogP contribution in [0.5, 0.6) is 5.75 Å². The molecule has 0 spiro atoms. The molecule has 0 bridgehead atoms. The zero-order valence-electron chi connectivity index (χ0n) is 8.19. The summed E-state index contributed by atoms with van der Waals surface area (Å²) in [6.07, 6.45) is 1.74. The Labute approximate surface area is 84.7 Å².